The van der Waals surface area contributed by atoms with Crippen LogP contribution in [0.5, 0.6) is 5.75 Å². The standard InChI is InChI=1S/C16H15F2NO2/c1-2-14(21-11-7-4-3-5-8-11)16(20)19-15-12(17)9-6-10-13(15)18/h3-10,14H,2H2,1H3,(H,19,20). The Morgan fingerprint density at radius 2 is 1.71 bits per heavy atom. The molecule has 0 aliphatic carbocycles. The third-order valence-electron chi connectivity index (χ3n) is 2.90. The van der Waals surface area contributed by atoms with Crippen LogP contribution in [-0.4, -0.2) is 12.0 Å². The molecule has 2 aromatic carbocycles. The largest absolute Gasteiger partial charge is 0.481 e. The number of carbonyl (C=O) groups is 1. The Kier molecular flexibility index (Phi) is 4.87. The summed E-state index contributed by atoms with van der Waals surface area (Å²) in [4.78, 5) is 12.1. The second kappa shape index (κ2) is 6.83. The van der Waals surface area contributed by atoms with Crippen LogP contribution < -0.4 is 10.1 Å². The highest BCUT2D eigenvalue weighted by Gasteiger charge is 2.21. The van der Waals surface area contributed by atoms with Crippen LogP contribution >= 0.6 is 0 Å². The molecule has 0 aliphatic heterocycles. The minimum Gasteiger partial charge on any atom is -0.481 e. The molecule has 0 fully saturated rings. The van der Waals surface area contributed by atoms with E-state index in [1.807, 2.05) is 6.07 Å². The molecule has 0 spiro atoms. The van der Waals surface area contributed by atoms with E-state index in [0.29, 0.717) is 12.2 Å². The highest BCUT2D eigenvalue weighted by Crippen LogP contribution is 2.19. The number of para-hydroxylation sites is 2. The number of rotatable bonds is 5. The number of hydrogen-bond acceptors (Lipinski definition) is 2. The van der Waals surface area contributed by atoms with Crippen molar-refractivity contribution in [3.63, 3.8) is 0 Å². The SMILES string of the molecule is CCC(Oc1ccccc1)C(=O)Nc1c(F)cccc1F. The van der Waals surface area contributed by atoms with Crippen LogP contribution in [0.15, 0.2) is 48.5 Å². The van der Waals surface area contributed by atoms with Gasteiger partial charge in [0.15, 0.2) is 6.10 Å². The maximum Gasteiger partial charge on any atom is 0.265 e. The highest BCUT2D eigenvalue weighted by molar-refractivity contribution is 5.94. The van der Waals surface area contributed by atoms with Gasteiger partial charge in [-0.05, 0) is 30.7 Å². The van der Waals surface area contributed by atoms with Crippen LogP contribution in [-0.2, 0) is 4.79 Å². The van der Waals surface area contributed by atoms with E-state index in [-0.39, 0.29) is 0 Å². The fraction of sp³-hybridized carbons (Fsp3) is 0.188. The van der Waals surface area contributed by atoms with Gasteiger partial charge in [0, 0.05) is 0 Å². The van der Waals surface area contributed by atoms with E-state index in [0.717, 1.165) is 12.1 Å². The summed E-state index contributed by atoms with van der Waals surface area (Å²) in [5, 5.41) is 2.24. The summed E-state index contributed by atoms with van der Waals surface area (Å²) in [6.45, 7) is 1.75. The van der Waals surface area contributed by atoms with Crippen LogP contribution in [0.2, 0.25) is 0 Å². The zero-order valence-corrected chi connectivity index (χ0v) is 11.5. The Morgan fingerprint density at radius 1 is 1.10 bits per heavy atom. The van der Waals surface area contributed by atoms with Crippen molar-refractivity contribution < 1.29 is 18.3 Å². The molecule has 21 heavy (non-hydrogen) atoms. The van der Waals surface area contributed by atoms with E-state index in [1.165, 1.54) is 6.07 Å². The normalized spacial score (nSPS) is 11.8. The molecule has 0 bridgehead atoms. The second-order valence-corrected chi connectivity index (χ2v) is 4.41. The minimum absolute atomic E-state index is 0.372. The fourth-order valence-corrected chi connectivity index (χ4v) is 1.81. The third-order valence-corrected chi connectivity index (χ3v) is 2.90. The lowest BCUT2D eigenvalue weighted by molar-refractivity contribution is -0.122. The van der Waals surface area contributed by atoms with E-state index in [9.17, 15) is 13.6 Å². The van der Waals surface area contributed by atoms with Gasteiger partial charge in [-0.15, -0.1) is 0 Å². The monoisotopic (exact) mass is 291 g/mol. The molecule has 2 aromatic rings. The maximum atomic E-state index is 13.5. The lowest BCUT2D eigenvalue weighted by atomic mass is 10.2. The molecule has 1 N–H and O–H groups in total. The summed E-state index contributed by atoms with van der Waals surface area (Å²) >= 11 is 0. The zero-order valence-electron chi connectivity index (χ0n) is 11.5. The van der Waals surface area contributed by atoms with Gasteiger partial charge in [-0.1, -0.05) is 31.2 Å². The van der Waals surface area contributed by atoms with Gasteiger partial charge in [0.05, 0.1) is 0 Å². The van der Waals surface area contributed by atoms with Gasteiger partial charge in [0.2, 0.25) is 0 Å². The summed E-state index contributed by atoms with van der Waals surface area (Å²) in [6, 6.07) is 12.2. The lowest BCUT2D eigenvalue weighted by Crippen LogP contribution is -2.33. The summed E-state index contributed by atoms with van der Waals surface area (Å²) < 4.78 is 32.5. The van der Waals surface area contributed by atoms with Gasteiger partial charge in [-0.2, -0.15) is 0 Å². The van der Waals surface area contributed by atoms with Crippen LogP contribution in [0.1, 0.15) is 13.3 Å². The quantitative estimate of drug-likeness (QED) is 0.911. The van der Waals surface area contributed by atoms with Crippen LogP contribution in [0.4, 0.5) is 14.5 Å². The number of halogens is 2. The van der Waals surface area contributed by atoms with Crippen LogP contribution in [0.25, 0.3) is 0 Å². The topological polar surface area (TPSA) is 38.3 Å². The van der Waals surface area contributed by atoms with Gasteiger partial charge in [-0.3, -0.25) is 4.79 Å². The van der Waals surface area contributed by atoms with Crippen molar-refractivity contribution in [2.45, 2.75) is 19.4 Å². The Bertz CT molecular complexity index is 597. The predicted octanol–water partition coefficient (Wildman–Crippen LogP) is 3.76. The summed E-state index contributed by atoms with van der Waals surface area (Å²) in [6.07, 6.45) is -0.456. The highest BCUT2D eigenvalue weighted by atomic mass is 19.1. The molecule has 3 nitrogen and oxygen atoms in total. The Labute approximate surface area is 121 Å². The van der Waals surface area contributed by atoms with Crippen molar-refractivity contribution >= 4 is 11.6 Å². The van der Waals surface area contributed by atoms with E-state index < -0.39 is 29.3 Å². The van der Waals surface area contributed by atoms with Crippen LogP contribution in [0, 0.1) is 11.6 Å². The predicted molar refractivity (Wildman–Crippen MR) is 76.1 cm³/mol. The van der Waals surface area contributed by atoms with E-state index in [1.54, 1.807) is 31.2 Å². The maximum absolute atomic E-state index is 13.5. The molecule has 0 aliphatic rings. The number of benzene rings is 2. The van der Waals surface area contributed by atoms with E-state index in [2.05, 4.69) is 5.32 Å². The molecule has 0 radical (unpaired) electrons. The molecule has 1 amide bonds. The van der Waals surface area contributed by atoms with Crippen molar-refractivity contribution in [3.8, 4) is 5.75 Å². The molecule has 0 saturated carbocycles. The Hall–Kier alpha value is -2.43. The zero-order chi connectivity index (χ0) is 15.2. The van der Waals surface area contributed by atoms with Gasteiger partial charge in [-0.25, -0.2) is 8.78 Å². The molecule has 110 valence electrons. The van der Waals surface area contributed by atoms with Crippen molar-refractivity contribution in [1.29, 1.82) is 0 Å². The Balaban J connectivity index is 2.10. The molecular weight excluding hydrogens is 276 g/mol. The number of amides is 1. The average molecular weight is 291 g/mol. The van der Waals surface area contributed by atoms with Gasteiger partial charge < -0.3 is 10.1 Å². The first kappa shape index (κ1) is 15.0. The molecule has 1 unspecified atom stereocenters. The number of hydrogen-bond donors (Lipinski definition) is 1. The van der Waals surface area contributed by atoms with Crippen molar-refractivity contribution in [3.05, 3.63) is 60.2 Å². The Morgan fingerprint density at radius 3 is 2.29 bits per heavy atom. The minimum atomic E-state index is -0.827. The molecule has 0 heterocycles. The van der Waals surface area contributed by atoms with Gasteiger partial charge in [0.1, 0.15) is 23.1 Å². The smallest absolute Gasteiger partial charge is 0.265 e. The molecule has 0 aromatic heterocycles. The van der Waals surface area contributed by atoms with E-state index in [4.69, 9.17) is 4.74 Å². The molecule has 0 saturated heterocycles. The van der Waals surface area contributed by atoms with Crippen LogP contribution in [0.3, 0.4) is 0 Å². The first-order chi connectivity index (χ1) is 10.1. The molecule has 1 atom stereocenters. The lowest BCUT2D eigenvalue weighted by Gasteiger charge is -2.17. The van der Waals surface area contributed by atoms with Crippen molar-refractivity contribution in [2.24, 2.45) is 0 Å². The van der Waals surface area contributed by atoms with Crippen molar-refractivity contribution in [2.75, 3.05) is 5.32 Å². The summed E-state index contributed by atoms with van der Waals surface area (Å²) in [5.74, 6) is -1.71. The molecule has 2 rings (SSSR count). The van der Waals surface area contributed by atoms with E-state index >= 15 is 0 Å². The summed E-state index contributed by atoms with van der Waals surface area (Å²) in [5.41, 5.74) is -0.461. The first-order valence-electron chi connectivity index (χ1n) is 6.58. The van der Waals surface area contributed by atoms with Crippen molar-refractivity contribution in [1.82, 2.24) is 0 Å². The third kappa shape index (κ3) is 3.78. The fourth-order valence-electron chi connectivity index (χ4n) is 1.81. The molecular formula is C16H15F2NO2. The van der Waals surface area contributed by atoms with Gasteiger partial charge in [0.25, 0.3) is 5.91 Å². The average Bonchev–Trinajstić information content (AvgIpc) is 2.49. The second-order valence-electron chi connectivity index (χ2n) is 4.41. The number of carbonyl (C=O) groups excluding carboxylic acids is 1. The number of anilines is 1. The molecule has 5 heteroatoms. The number of ether oxygens (including phenoxy) is 1. The first-order valence-corrected chi connectivity index (χ1v) is 6.58. The summed E-state index contributed by atoms with van der Waals surface area (Å²) in [7, 11) is 0. The number of nitrogens with one attached hydrogen (secondary N) is 1. The van der Waals surface area contributed by atoms with Gasteiger partial charge >= 0.3 is 0 Å².